The van der Waals surface area contributed by atoms with Gasteiger partial charge in [-0.25, -0.2) is 9.97 Å². The van der Waals surface area contributed by atoms with Crippen LogP contribution in [0.1, 0.15) is 42.7 Å². The van der Waals surface area contributed by atoms with Crippen LogP contribution in [0.5, 0.6) is 0 Å². The second-order valence-corrected chi connectivity index (χ2v) is 7.09. The molecule has 0 radical (unpaired) electrons. The number of piperidine rings is 1. The van der Waals surface area contributed by atoms with Crippen molar-refractivity contribution < 1.29 is 0 Å². The fourth-order valence-electron chi connectivity index (χ4n) is 4.18. The van der Waals surface area contributed by atoms with E-state index in [1.807, 2.05) is 24.9 Å². The molecule has 2 aliphatic rings. The third kappa shape index (κ3) is 2.31. The highest BCUT2D eigenvalue weighted by Gasteiger charge is 2.29. The summed E-state index contributed by atoms with van der Waals surface area (Å²) in [5, 5.41) is 14.2. The first-order valence-electron chi connectivity index (χ1n) is 9.04. The molecule has 0 aliphatic carbocycles. The van der Waals surface area contributed by atoms with Gasteiger partial charge in [0.2, 0.25) is 0 Å². The van der Waals surface area contributed by atoms with E-state index in [1.165, 1.54) is 18.1 Å². The van der Waals surface area contributed by atoms with Crippen molar-refractivity contribution in [1.82, 2.24) is 34.5 Å². The average molecular weight is 338 g/mol. The highest BCUT2D eigenvalue weighted by Crippen LogP contribution is 2.33. The van der Waals surface area contributed by atoms with Crippen LogP contribution < -0.4 is 4.90 Å². The maximum atomic E-state index is 4.71. The van der Waals surface area contributed by atoms with Gasteiger partial charge in [-0.15, -0.1) is 10.2 Å². The Morgan fingerprint density at radius 3 is 2.76 bits per heavy atom. The minimum atomic E-state index is 0.503. The fraction of sp³-hybridized carbons (Fsp3) is 0.588. The van der Waals surface area contributed by atoms with Crippen LogP contribution in [0, 0.1) is 6.92 Å². The number of fused-ring (bicyclic) bond motifs is 2. The van der Waals surface area contributed by atoms with Crippen molar-refractivity contribution in [3.8, 4) is 0 Å². The molecule has 1 saturated heterocycles. The Labute approximate surface area is 145 Å². The normalized spacial score (nSPS) is 18.2. The predicted molar refractivity (Wildman–Crippen MR) is 93.6 cm³/mol. The Bertz CT molecular complexity index is 932. The summed E-state index contributed by atoms with van der Waals surface area (Å²) in [5.74, 6) is 4.67. The first-order chi connectivity index (χ1) is 12.2. The minimum Gasteiger partial charge on any atom is -0.356 e. The summed E-state index contributed by atoms with van der Waals surface area (Å²) in [6, 6.07) is 0. The fourth-order valence-corrected chi connectivity index (χ4v) is 4.18. The third-order valence-electron chi connectivity index (χ3n) is 5.48. The van der Waals surface area contributed by atoms with Crippen LogP contribution in [-0.2, 0) is 20.0 Å². The minimum absolute atomic E-state index is 0.503. The highest BCUT2D eigenvalue weighted by atomic mass is 15.3. The molecule has 3 aromatic rings. The summed E-state index contributed by atoms with van der Waals surface area (Å²) in [4.78, 5) is 11.6. The molecule has 0 saturated carbocycles. The zero-order valence-corrected chi connectivity index (χ0v) is 14.7. The molecule has 0 amide bonds. The van der Waals surface area contributed by atoms with Crippen LogP contribution in [0.25, 0.3) is 11.0 Å². The summed E-state index contributed by atoms with van der Waals surface area (Å²) in [5.41, 5.74) is 0.903. The van der Waals surface area contributed by atoms with Gasteiger partial charge in [0.25, 0.3) is 0 Å². The quantitative estimate of drug-likeness (QED) is 0.706. The number of nitrogens with zero attached hydrogens (tertiary/aromatic N) is 8. The lowest BCUT2D eigenvalue weighted by Gasteiger charge is -2.32. The Morgan fingerprint density at radius 1 is 1.08 bits per heavy atom. The molecule has 25 heavy (non-hydrogen) atoms. The molecular formula is C17H22N8. The molecule has 0 spiro atoms. The van der Waals surface area contributed by atoms with Crippen LogP contribution in [0.2, 0.25) is 0 Å². The van der Waals surface area contributed by atoms with Gasteiger partial charge in [0.15, 0.2) is 5.65 Å². The molecule has 0 atom stereocenters. The number of hydrogen-bond donors (Lipinski definition) is 0. The van der Waals surface area contributed by atoms with Crippen molar-refractivity contribution in [2.24, 2.45) is 7.05 Å². The average Bonchev–Trinajstić information content (AvgIpc) is 3.31. The molecule has 0 bridgehead atoms. The maximum absolute atomic E-state index is 4.71. The van der Waals surface area contributed by atoms with Crippen molar-refractivity contribution >= 4 is 16.9 Å². The molecule has 2 aliphatic heterocycles. The van der Waals surface area contributed by atoms with Gasteiger partial charge < -0.3 is 9.47 Å². The Kier molecular flexibility index (Phi) is 3.26. The number of aromatic nitrogens is 7. The number of hydrogen-bond acceptors (Lipinski definition) is 6. The number of aryl methyl sites for hydroxylation is 3. The van der Waals surface area contributed by atoms with E-state index in [1.54, 1.807) is 0 Å². The van der Waals surface area contributed by atoms with E-state index >= 15 is 0 Å². The number of rotatable bonds is 2. The second kappa shape index (κ2) is 5.50. The Hall–Kier alpha value is -2.51. The van der Waals surface area contributed by atoms with E-state index in [-0.39, 0.29) is 0 Å². The van der Waals surface area contributed by atoms with Crippen LogP contribution in [-0.4, -0.2) is 47.6 Å². The standard InChI is InChI=1S/C17H22N8/c1-11-19-16-13(10-18-23(16)2)17(20-11)24-8-5-12(6-9-24)15-22-21-14-4-3-7-25(14)15/h10,12H,3-9H2,1-2H3. The monoisotopic (exact) mass is 338 g/mol. The van der Waals surface area contributed by atoms with Crippen LogP contribution >= 0.6 is 0 Å². The van der Waals surface area contributed by atoms with Gasteiger partial charge in [-0.05, 0) is 26.2 Å². The molecule has 0 N–H and O–H groups in total. The van der Waals surface area contributed by atoms with Gasteiger partial charge in [-0.2, -0.15) is 5.10 Å². The Morgan fingerprint density at radius 2 is 1.92 bits per heavy atom. The SMILES string of the molecule is Cc1nc(N2CCC(c3nnc4n3CCC4)CC2)c2cnn(C)c2n1. The first-order valence-corrected chi connectivity index (χ1v) is 9.04. The van der Waals surface area contributed by atoms with Crippen molar-refractivity contribution in [3.05, 3.63) is 23.7 Å². The van der Waals surface area contributed by atoms with E-state index < -0.39 is 0 Å². The van der Waals surface area contributed by atoms with Gasteiger partial charge in [-0.3, -0.25) is 4.68 Å². The lowest BCUT2D eigenvalue weighted by molar-refractivity contribution is 0.465. The summed E-state index contributed by atoms with van der Waals surface area (Å²) >= 11 is 0. The zero-order valence-electron chi connectivity index (χ0n) is 14.7. The van der Waals surface area contributed by atoms with E-state index in [4.69, 9.17) is 4.98 Å². The first kappa shape index (κ1) is 14.8. The van der Waals surface area contributed by atoms with E-state index in [2.05, 4.69) is 29.7 Å². The van der Waals surface area contributed by atoms with Crippen molar-refractivity contribution in [1.29, 1.82) is 0 Å². The third-order valence-corrected chi connectivity index (χ3v) is 5.48. The van der Waals surface area contributed by atoms with Crippen molar-refractivity contribution in [2.45, 2.75) is 45.1 Å². The maximum Gasteiger partial charge on any atom is 0.163 e. The molecule has 3 aromatic heterocycles. The molecular weight excluding hydrogens is 316 g/mol. The molecule has 1 fully saturated rings. The van der Waals surface area contributed by atoms with E-state index in [0.29, 0.717) is 5.92 Å². The van der Waals surface area contributed by atoms with Crippen LogP contribution in [0.15, 0.2) is 6.20 Å². The molecule has 5 heterocycles. The summed E-state index contributed by atoms with van der Waals surface area (Å²) in [7, 11) is 1.93. The van der Waals surface area contributed by atoms with Crippen LogP contribution in [0.4, 0.5) is 5.82 Å². The van der Waals surface area contributed by atoms with Gasteiger partial charge in [0.05, 0.1) is 11.6 Å². The zero-order chi connectivity index (χ0) is 17.0. The van der Waals surface area contributed by atoms with Gasteiger partial charge in [0.1, 0.15) is 23.3 Å². The van der Waals surface area contributed by atoms with Gasteiger partial charge in [-0.1, -0.05) is 0 Å². The lowest BCUT2D eigenvalue weighted by atomic mass is 9.95. The lowest BCUT2D eigenvalue weighted by Crippen LogP contribution is -2.34. The Balaban J connectivity index is 1.40. The van der Waals surface area contributed by atoms with Gasteiger partial charge >= 0.3 is 0 Å². The molecule has 8 heteroatoms. The predicted octanol–water partition coefficient (Wildman–Crippen LogP) is 1.59. The summed E-state index contributed by atoms with van der Waals surface area (Å²) in [6.07, 6.45) is 6.33. The van der Waals surface area contributed by atoms with Crippen LogP contribution in [0.3, 0.4) is 0 Å². The highest BCUT2D eigenvalue weighted by molar-refractivity contribution is 5.87. The molecule has 0 unspecified atom stereocenters. The summed E-state index contributed by atoms with van der Waals surface area (Å²) < 4.78 is 4.16. The molecule has 5 rings (SSSR count). The van der Waals surface area contributed by atoms with E-state index in [0.717, 1.165) is 61.6 Å². The largest absolute Gasteiger partial charge is 0.356 e. The second-order valence-electron chi connectivity index (χ2n) is 7.09. The molecule has 130 valence electrons. The summed E-state index contributed by atoms with van der Waals surface area (Å²) in [6.45, 7) is 4.99. The molecule has 0 aromatic carbocycles. The topological polar surface area (TPSA) is 77.5 Å². The van der Waals surface area contributed by atoms with Gasteiger partial charge in [0, 0.05) is 39.0 Å². The van der Waals surface area contributed by atoms with Crippen molar-refractivity contribution in [2.75, 3.05) is 18.0 Å². The number of anilines is 1. The smallest absolute Gasteiger partial charge is 0.163 e. The molecule has 8 nitrogen and oxygen atoms in total. The van der Waals surface area contributed by atoms with E-state index in [9.17, 15) is 0 Å². The van der Waals surface area contributed by atoms with Crippen molar-refractivity contribution in [3.63, 3.8) is 0 Å².